The van der Waals surface area contributed by atoms with E-state index in [4.69, 9.17) is 5.73 Å². The van der Waals surface area contributed by atoms with E-state index in [-0.39, 0.29) is 11.2 Å². The van der Waals surface area contributed by atoms with Crippen molar-refractivity contribution >= 4 is 22.8 Å². The van der Waals surface area contributed by atoms with Gasteiger partial charge in [-0.15, -0.1) is 11.3 Å². The van der Waals surface area contributed by atoms with Crippen molar-refractivity contribution in [1.29, 1.82) is 10.5 Å². The zero-order valence-electron chi connectivity index (χ0n) is 17.9. The molecule has 0 spiro atoms. The number of thiophene rings is 1. The molecule has 0 saturated heterocycles. The van der Waals surface area contributed by atoms with E-state index in [2.05, 4.69) is 39.0 Å². The van der Waals surface area contributed by atoms with Crippen LogP contribution in [-0.2, 0) is 11.2 Å². The molecule has 31 heavy (non-hydrogen) atoms. The quantitative estimate of drug-likeness (QED) is 0.732. The number of carbonyl (C=O) groups is 1. The Labute approximate surface area is 186 Å². The van der Waals surface area contributed by atoms with Crippen LogP contribution in [0.3, 0.4) is 0 Å². The van der Waals surface area contributed by atoms with Crippen LogP contribution in [0.25, 0.3) is 0 Å². The van der Waals surface area contributed by atoms with Gasteiger partial charge in [-0.25, -0.2) is 0 Å². The van der Waals surface area contributed by atoms with Crippen LogP contribution in [0.2, 0.25) is 0 Å². The molecule has 156 valence electrons. The Balaban J connectivity index is 2.02. The molecular formula is C25H24N4OS. The first-order valence-corrected chi connectivity index (χ1v) is 11.2. The Morgan fingerprint density at radius 3 is 2.55 bits per heavy atom. The number of nitrogens with two attached hydrogens (primary N) is 1. The van der Waals surface area contributed by atoms with E-state index in [9.17, 15) is 15.3 Å². The van der Waals surface area contributed by atoms with Gasteiger partial charge in [0.25, 0.3) is 0 Å². The van der Waals surface area contributed by atoms with Crippen LogP contribution in [0, 0.1) is 28.1 Å². The normalized spacial score (nSPS) is 20.4. The number of para-hydroxylation sites is 1. The lowest BCUT2D eigenvalue weighted by molar-refractivity contribution is -0.118. The fraction of sp³-hybridized carbons (Fsp3) is 0.320. The third kappa shape index (κ3) is 3.44. The number of ketones is 1. The average Bonchev–Trinajstić information content (AvgIpc) is 3.21. The van der Waals surface area contributed by atoms with Crippen LogP contribution in [0.1, 0.15) is 54.8 Å². The summed E-state index contributed by atoms with van der Waals surface area (Å²) in [6.45, 7) is 6.22. The molecule has 0 bridgehead atoms. The van der Waals surface area contributed by atoms with Crippen molar-refractivity contribution in [1.82, 2.24) is 0 Å². The van der Waals surface area contributed by atoms with E-state index in [1.807, 2.05) is 18.2 Å². The number of hydrogen-bond donors (Lipinski definition) is 1. The Kier molecular flexibility index (Phi) is 5.21. The molecule has 2 heterocycles. The second kappa shape index (κ2) is 7.72. The molecule has 1 aliphatic carbocycles. The fourth-order valence-corrected chi connectivity index (χ4v) is 5.64. The standard InChI is InChI=1S/C25H24N4OS/c1-4-16-9-10-21(31-16)22-17(14-27)24(28)29(18-8-6-5-7-15(18)13-26)19-11-25(2,3)12-20(30)23(19)22/h5-10,22H,4,11-12,28H2,1-3H3/t22-/m0/s1. The number of hydrogen-bond acceptors (Lipinski definition) is 6. The summed E-state index contributed by atoms with van der Waals surface area (Å²) < 4.78 is 0. The maximum absolute atomic E-state index is 13.5. The number of Topliss-reactive ketones (excluding diaryl/α,β-unsaturated/α-hetero) is 1. The van der Waals surface area contributed by atoms with Gasteiger partial charge < -0.3 is 5.73 Å². The third-order valence-corrected chi connectivity index (χ3v) is 7.26. The summed E-state index contributed by atoms with van der Waals surface area (Å²) in [5.41, 5.74) is 9.25. The number of nitrogens with zero attached hydrogens (tertiary/aromatic N) is 3. The van der Waals surface area contributed by atoms with Crippen molar-refractivity contribution < 1.29 is 4.79 Å². The van der Waals surface area contributed by atoms with Crippen LogP contribution in [-0.4, -0.2) is 5.78 Å². The summed E-state index contributed by atoms with van der Waals surface area (Å²) in [5, 5.41) is 19.8. The zero-order chi connectivity index (χ0) is 22.3. The number of rotatable bonds is 3. The van der Waals surface area contributed by atoms with Gasteiger partial charge in [-0.3, -0.25) is 9.69 Å². The highest BCUT2D eigenvalue weighted by atomic mass is 32.1. The first-order valence-electron chi connectivity index (χ1n) is 10.3. The molecule has 1 atom stereocenters. The molecule has 0 radical (unpaired) electrons. The lowest BCUT2D eigenvalue weighted by Crippen LogP contribution is -2.42. The van der Waals surface area contributed by atoms with E-state index in [0.717, 1.165) is 17.0 Å². The molecule has 0 unspecified atom stereocenters. The van der Waals surface area contributed by atoms with Crippen LogP contribution < -0.4 is 10.6 Å². The Morgan fingerprint density at radius 1 is 1.16 bits per heavy atom. The van der Waals surface area contributed by atoms with Crippen molar-refractivity contribution in [2.75, 3.05) is 4.90 Å². The van der Waals surface area contributed by atoms with Gasteiger partial charge in [-0.1, -0.05) is 32.9 Å². The smallest absolute Gasteiger partial charge is 0.162 e. The predicted octanol–water partition coefficient (Wildman–Crippen LogP) is 5.12. The third-order valence-electron chi connectivity index (χ3n) is 5.96. The van der Waals surface area contributed by atoms with Crippen LogP contribution >= 0.6 is 11.3 Å². The largest absolute Gasteiger partial charge is 0.384 e. The highest BCUT2D eigenvalue weighted by molar-refractivity contribution is 7.12. The summed E-state index contributed by atoms with van der Waals surface area (Å²) in [5.74, 6) is -0.118. The van der Waals surface area contributed by atoms with Crippen molar-refractivity contribution in [2.45, 2.75) is 46.0 Å². The van der Waals surface area contributed by atoms with Gasteiger partial charge in [0.2, 0.25) is 0 Å². The average molecular weight is 429 g/mol. The molecule has 0 saturated carbocycles. The Hall–Kier alpha value is -3.35. The van der Waals surface area contributed by atoms with Crippen LogP contribution in [0.4, 0.5) is 5.69 Å². The van der Waals surface area contributed by atoms with Gasteiger partial charge in [-0.05, 0) is 42.5 Å². The topological polar surface area (TPSA) is 93.9 Å². The Morgan fingerprint density at radius 2 is 1.90 bits per heavy atom. The van der Waals surface area contributed by atoms with Crippen LogP contribution in [0.5, 0.6) is 0 Å². The molecule has 4 rings (SSSR count). The van der Waals surface area contributed by atoms with Crippen molar-refractivity contribution in [3.05, 3.63) is 74.4 Å². The number of allylic oxidation sites excluding steroid dienone is 3. The minimum absolute atomic E-state index is 0.0439. The number of carbonyl (C=O) groups excluding carboxylic acids is 1. The highest BCUT2D eigenvalue weighted by Crippen LogP contribution is 2.51. The summed E-state index contributed by atoms with van der Waals surface area (Å²) in [7, 11) is 0. The Bertz CT molecular complexity index is 1220. The van der Waals surface area contributed by atoms with Crippen molar-refractivity contribution in [3.63, 3.8) is 0 Å². The maximum atomic E-state index is 13.5. The SMILES string of the molecule is CCc1ccc([C@@H]2C(C#N)=C(N)N(c3ccccc3C#N)C3=C2C(=O)CC(C)(C)C3)s1. The summed E-state index contributed by atoms with van der Waals surface area (Å²) in [6.07, 6.45) is 1.95. The lowest BCUT2D eigenvalue weighted by Gasteiger charge is -2.43. The number of aryl methyl sites for hydroxylation is 1. The molecule has 1 aromatic carbocycles. The molecule has 1 aromatic heterocycles. The molecule has 1 aliphatic heterocycles. The van der Waals surface area contributed by atoms with Crippen molar-refractivity contribution in [3.8, 4) is 12.1 Å². The fourth-order valence-electron chi connectivity index (χ4n) is 4.57. The van der Waals surface area contributed by atoms with Gasteiger partial charge in [-0.2, -0.15) is 10.5 Å². The minimum Gasteiger partial charge on any atom is -0.384 e. The number of benzene rings is 1. The highest BCUT2D eigenvalue weighted by Gasteiger charge is 2.45. The summed E-state index contributed by atoms with van der Waals surface area (Å²) in [6, 6.07) is 15.8. The second-order valence-electron chi connectivity index (χ2n) is 8.77. The number of anilines is 1. The lowest BCUT2D eigenvalue weighted by atomic mass is 9.69. The van der Waals surface area contributed by atoms with E-state index < -0.39 is 5.92 Å². The van der Waals surface area contributed by atoms with Gasteiger partial charge >= 0.3 is 0 Å². The van der Waals surface area contributed by atoms with Gasteiger partial charge in [0, 0.05) is 27.4 Å². The molecule has 2 N–H and O–H groups in total. The molecule has 2 aliphatic rings. The molecule has 0 fully saturated rings. The molecule has 0 amide bonds. The van der Waals surface area contributed by atoms with E-state index in [1.165, 1.54) is 4.88 Å². The van der Waals surface area contributed by atoms with E-state index in [0.29, 0.717) is 41.1 Å². The van der Waals surface area contributed by atoms with Gasteiger partial charge in [0.05, 0.1) is 28.8 Å². The zero-order valence-corrected chi connectivity index (χ0v) is 18.7. The second-order valence-corrected chi connectivity index (χ2v) is 9.97. The minimum atomic E-state index is -0.459. The predicted molar refractivity (Wildman–Crippen MR) is 122 cm³/mol. The summed E-state index contributed by atoms with van der Waals surface area (Å²) in [4.78, 5) is 17.4. The molecular weight excluding hydrogens is 404 g/mol. The van der Waals surface area contributed by atoms with E-state index in [1.54, 1.807) is 28.4 Å². The monoisotopic (exact) mass is 428 g/mol. The summed E-state index contributed by atoms with van der Waals surface area (Å²) >= 11 is 1.62. The first kappa shape index (κ1) is 20.9. The van der Waals surface area contributed by atoms with Crippen molar-refractivity contribution in [2.24, 2.45) is 11.1 Å². The maximum Gasteiger partial charge on any atom is 0.162 e. The van der Waals surface area contributed by atoms with E-state index >= 15 is 0 Å². The van der Waals surface area contributed by atoms with Gasteiger partial charge in [0.1, 0.15) is 11.9 Å². The molecule has 2 aromatic rings. The van der Waals surface area contributed by atoms with Crippen LogP contribution in [0.15, 0.2) is 59.1 Å². The number of nitriles is 2. The first-order chi connectivity index (χ1) is 14.8. The molecule has 6 heteroatoms. The van der Waals surface area contributed by atoms with Gasteiger partial charge in [0.15, 0.2) is 5.78 Å². The molecule has 5 nitrogen and oxygen atoms in total.